The Bertz CT molecular complexity index is 817. The third-order valence-corrected chi connectivity index (χ3v) is 4.60. The quantitative estimate of drug-likeness (QED) is 0.501. The number of nitrogens with one attached hydrogen (secondary N) is 1. The van der Waals surface area contributed by atoms with E-state index in [4.69, 9.17) is 4.74 Å². The van der Waals surface area contributed by atoms with Crippen molar-refractivity contribution in [3.8, 4) is 5.75 Å². The maximum Gasteiger partial charge on any atom is 0.124 e. The van der Waals surface area contributed by atoms with Crippen LogP contribution in [0.3, 0.4) is 0 Å². The fourth-order valence-electron chi connectivity index (χ4n) is 3.13. The molecule has 1 atom stereocenters. The lowest BCUT2D eigenvalue weighted by Crippen LogP contribution is -2.21. The molecule has 0 aromatic heterocycles. The van der Waals surface area contributed by atoms with Crippen molar-refractivity contribution in [3.63, 3.8) is 0 Å². The summed E-state index contributed by atoms with van der Waals surface area (Å²) in [7, 11) is 0. The zero-order chi connectivity index (χ0) is 18.9. The molecule has 3 rings (SSSR count). The highest BCUT2D eigenvalue weighted by Crippen LogP contribution is 2.23. The molecule has 0 fully saturated rings. The van der Waals surface area contributed by atoms with E-state index in [9.17, 15) is 4.39 Å². The van der Waals surface area contributed by atoms with Gasteiger partial charge in [0.15, 0.2) is 0 Å². The molecule has 3 aromatic carbocycles. The first-order valence-corrected chi connectivity index (χ1v) is 9.49. The minimum Gasteiger partial charge on any atom is -0.489 e. The smallest absolute Gasteiger partial charge is 0.124 e. The highest BCUT2D eigenvalue weighted by molar-refractivity contribution is 5.34. The first-order valence-electron chi connectivity index (χ1n) is 9.49. The van der Waals surface area contributed by atoms with E-state index >= 15 is 0 Å². The molecule has 0 amide bonds. The van der Waals surface area contributed by atoms with Crippen molar-refractivity contribution < 1.29 is 9.13 Å². The van der Waals surface area contributed by atoms with E-state index in [-0.39, 0.29) is 5.82 Å². The van der Waals surface area contributed by atoms with Gasteiger partial charge in [-0.3, -0.25) is 0 Å². The van der Waals surface area contributed by atoms with E-state index < -0.39 is 0 Å². The number of para-hydroxylation sites is 1. The Morgan fingerprint density at radius 3 is 2.33 bits per heavy atom. The number of hydrogen-bond donors (Lipinski definition) is 1. The van der Waals surface area contributed by atoms with Crippen LogP contribution in [0.2, 0.25) is 0 Å². The van der Waals surface area contributed by atoms with Crippen molar-refractivity contribution in [2.75, 3.05) is 0 Å². The number of halogens is 1. The summed E-state index contributed by atoms with van der Waals surface area (Å²) in [4.78, 5) is 0. The van der Waals surface area contributed by atoms with Gasteiger partial charge in [0.05, 0.1) is 0 Å². The maximum atomic E-state index is 13.0. The molecule has 1 N–H and O–H groups in total. The Hall–Kier alpha value is -2.65. The Morgan fingerprint density at radius 2 is 1.59 bits per heavy atom. The van der Waals surface area contributed by atoms with Gasteiger partial charge < -0.3 is 10.1 Å². The summed E-state index contributed by atoms with van der Waals surface area (Å²) in [6.07, 6.45) is 2.21. The molecule has 0 aliphatic rings. The number of ether oxygens (including phenoxy) is 1. The maximum absolute atomic E-state index is 13.0. The van der Waals surface area contributed by atoms with E-state index in [1.54, 1.807) is 12.1 Å². The van der Waals surface area contributed by atoms with Crippen molar-refractivity contribution >= 4 is 0 Å². The zero-order valence-electron chi connectivity index (χ0n) is 15.7. The molecule has 2 nitrogen and oxygen atoms in total. The Balaban J connectivity index is 1.65. The molecular weight excluding hydrogens is 337 g/mol. The van der Waals surface area contributed by atoms with Crippen molar-refractivity contribution in [3.05, 3.63) is 101 Å². The molecule has 0 saturated heterocycles. The third kappa shape index (κ3) is 5.66. The number of benzene rings is 3. The fraction of sp³-hybridized carbons (Fsp3) is 0.250. The van der Waals surface area contributed by atoms with Gasteiger partial charge in [0, 0.05) is 18.2 Å². The summed E-state index contributed by atoms with van der Waals surface area (Å²) < 4.78 is 19.0. The molecule has 0 spiro atoms. The van der Waals surface area contributed by atoms with Gasteiger partial charge in [-0.15, -0.1) is 0 Å². The van der Waals surface area contributed by atoms with E-state index in [1.807, 2.05) is 24.3 Å². The van der Waals surface area contributed by atoms with Crippen molar-refractivity contribution in [2.45, 2.75) is 39.0 Å². The Labute approximate surface area is 161 Å². The summed E-state index contributed by atoms with van der Waals surface area (Å²) >= 11 is 0. The molecule has 27 heavy (non-hydrogen) atoms. The summed E-state index contributed by atoms with van der Waals surface area (Å²) in [5, 5.41) is 3.67. The standard InChI is InChI=1S/C24H26FNO/c1-2-8-23(20-9-4-3-5-10-20)26-17-21-11-6-7-12-24(21)27-18-19-13-15-22(25)16-14-19/h3-7,9-16,23,26H,2,8,17-18H2,1H3. The van der Waals surface area contributed by atoms with Gasteiger partial charge in [-0.05, 0) is 35.7 Å². The zero-order valence-corrected chi connectivity index (χ0v) is 15.7. The number of rotatable bonds is 9. The first kappa shape index (κ1) is 19.1. The average molecular weight is 363 g/mol. The minimum absolute atomic E-state index is 0.230. The molecule has 3 aromatic rings. The average Bonchev–Trinajstić information content (AvgIpc) is 2.72. The normalized spacial score (nSPS) is 11.9. The summed E-state index contributed by atoms with van der Waals surface area (Å²) in [6.45, 7) is 3.37. The van der Waals surface area contributed by atoms with Crippen LogP contribution >= 0.6 is 0 Å². The van der Waals surface area contributed by atoms with E-state index in [0.717, 1.165) is 36.3 Å². The highest BCUT2D eigenvalue weighted by atomic mass is 19.1. The molecule has 0 saturated carbocycles. The lowest BCUT2D eigenvalue weighted by atomic mass is 10.0. The van der Waals surface area contributed by atoms with Gasteiger partial charge in [0.1, 0.15) is 18.2 Å². The second kappa shape index (κ2) is 9.89. The van der Waals surface area contributed by atoms with Gasteiger partial charge in [-0.2, -0.15) is 0 Å². The topological polar surface area (TPSA) is 21.3 Å². The third-order valence-electron chi connectivity index (χ3n) is 4.60. The fourth-order valence-corrected chi connectivity index (χ4v) is 3.13. The lowest BCUT2D eigenvalue weighted by Gasteiger charge is -2.20. The molecular formula is C24H26FNO. The molecule has 140 valence electrons. The van der Waals surface area contributed by atoms with Crippen molar-refractivity contribution in [2.24, 2.45) is 0 Å². The summed E-state index contributed by atoms with van der Waals surface area (Å²) in [5.74, 6) is 0.629. The van der Waals surface area contributed by atoms with E-state index in [2.05, 4.69) is 42.6 Å². The first-order chi connectivity index (χ1) is 13.3. The van der Waals surface area contributed by atoms with Crippen molar-refractivity contribution in [1.29, 1.82) is 0 Å². The molecule has 3 heteroatoms. The van der Waals surface area contributed by atoms with Crippen molar-refractivity contribution in [1.82, 2.24) is 5.32 Å². The lowest BCUT2D eigenvalue weighted by molar-refractivity contribution is 0.301. The Morgan fingerprint density at radius 1 is 0.889 bits per heavy atom. The molecule has 0 bridgehead atoms. The molecule has 0 heterocycles. The van der Waals surface area contributed by atoms with Crippen LogP contribution in [0.4, 0.5) is 4.39 Å². The predicted octanol–water partition coefficient (Wildman–Crippen LogP) is 6.04. The van der Waals surface area contributed by atoms with Crippen LogP contribution in [-0.4, -0.2) is 0 Å². The van der Waals surface area contributed by atoms with Crippen LogP contribution < -0.4 is 10.1 Å². The van der Waals surface area contributed by atoms with E-state index in [0.29, 0.717) is 12.6 Å². The summed E-state index contributed by atoms with van der Waals surface area (Å²) in [5.41, 5.74) is 3.38. The van der Waals surface area contributed by atoms with Crippen LogP contribution in [0, 0.1) is 5.82 Å². The van der Waals surface area contributed by atoms with Gasteiger partial charge >= 0.3 is 0 Å². The van der Waals surface area contributed by atoms with Crippen LogP contribution in [0.1, 0.15) is 42.5 Å². The van der Waals surface area contributed by atoms with E-state index in [1.165, 1.54) is 17.7 Å². The van der Waals surface area contributed by atoms with Gasteiger partial charge in [-0.25, -0.2) is 4.39 Å². The molecule has 0 aliphatic heterocycles. The van der Waals surface area contributed by atoms with Crippen LogP contribution in [-0.2, 0) is 13.2 Å². The molecule has 1 unspecified atom stereocenters. The predicted molar refractivity (Wildman–Crippen MR) is 108 cm³/mol. The molecule has 0 aliphatic carbocycles. The van der Waals surface area contributed by atoms with Crippen LogP contribution in [0.15, 0.2) is 78.9 Å². The molecule has 0 radical (unpaired) electrons. The largest absolute Gasteiger partial charge is 0.489 e. The monoisotopic (exact) mass is 363 g/mol. The van der Waals surface area contributed by atoms with Gasteiger partial charge in [-0.1, -0.05) is 74.0 Å². The van der Waals surface area contributed by atoms with Gasteiger partial charge in [0.25, 0.3) is 0 Å². The highest BCUT2D eigenvalue weighted by Gasteiger charge is 2.11. The second-order valence-corrected chi connectivity index (χ2v) is 6.66. The number of hydrogen-bond acceptors (Lipinski definition) is 2. The minimum atomic E-state index is -0.230. The SMILES string of the molecule is CCCC(NCc1ccccc1OCc1ccc(F)cc1)c1ccccc1. The summed E-state index contributed by atoms with van der Waals surface area (Å²) in [6, 6.07) is 25.4. The second-order valence-electron chi connectivity index (χ2n) is 6.66. The van der Waals surface area contributed by atoms with Crippen LogP contribution in [0.5, 0.6) is 5.75 Å². The van der Waals surface area contributed by atoms with Crippen LogP contribution in [0.25, 0.3) is 0 Å². The van der Waals surface area contributed by atoms with Gasteiger partial charge in [0.2, 0.25) is 0 Å². The Kier molecular flexibility index (Phi) is 7.00.